The Morgan fingerprint density at radius 3 is 1.08 bits per heavy atom. The van der Waals surface area contributed by atoms with Crippen molar-refractivity contribution in [1.29, 1.82) is 0 Å². The second-order valence-corrected chi connectivity index (χ2v) is 10.3. The molecule has 2 N–H and O–H groups in total. The summed E-state index contributed by atoms with van der Waals surface area (Å²) in [5.41, 5.74) is 0. The van der Waals surface area contributed by atoms with Crippen LogP contribution in [0.2, 0.25) is 0 Å². The van der Waals surface area contributed by atoms with E-state index in [9.17, 15) is 9.59 Å². The molecule has 0 aromatic rings. The number of unbranched alkanes of at least 4 members (excludes halogenated alkanes) is 16. The Labute approximate surface area is 236 Å². The van der Waals surface area contributed by atoms with Gasteiger partial charge in [0.25, 0.3) is 0 Å². The lowest BCUT2D eigenvalue weighted by Gasteiger charge is -2.07. The van der Waals surface area contributed by atoms with E-state index in [1.807, 2.05) is 36.5 Å². The Bertz CT molecular complexity index is 797. The molecule has 0 amide bonds. The van der Waals surface area contributed by atoms with Gasteiger partial charge in [-0.05, 0) is 37.1 Å². The molecule has 0 unspecified atom stereocenters. The maximum atomic E-state index is 11.9. The van der Waals surface area contributed by atoms with Crippen molar-refractivity contribution >= 4 is 11.9 Å². The summed E-state index contributed by atoms with van der Waals surface area (Å²) < 4.78 is 10.6. The Morgan fingerprint density at radius 2 is 0.744 bits per heavy atom. The monoisotopic (exact) mass is 538 g/mol. The van der Waals surface area contributed by atoms with Gasteiger partial charge in [0, 0.05) is 25.2 Å². The average molecular weight is 539 g/mol. The lowest BCUT2D eigenvalue weighted by Crippen LogP contribution is -2.13. The third-order valence-corrected chi connectivity index (χ3v) is 6.79. The van der Waals surface area contributed by atoms with Crippen molar-refractivity contribution in [3.05, 3.63) is 72.8 Å². The van der Waals surface area contributed by atoms with Gasteiger partial charge < -0.3 is 20.1 Å². The molecular formula is C33H50N2O4. The van der Waals surface area contributed by atoms with Crippen LogP contribution in [0.3, 0.4) is 0 Å². The highest BCUT2D eigenvalue weighted by molar-refractivity contribution is 5.71. The number of hydrogen-bond donors (Lipinski definition) is 2. The van der Waals surface area contributed by atoms with Crippen molar-refractivity contribution in [1.82, 2.24) is 10.6 Å². The fourth-order valence-corrected chi connectivity index (χ4v) is 4.55. The highest BCUT2D eigenvalue weighted by Gasteiger charge is 2.07. The summed E-state index contributed by atoms with van der Waals surface area (Å²) in [7, 11) is 0. The molecule has 0 aliphatic carbocycles. The fourth-order valence-electron chi connectivity index (χ4n) is 4.55. The van der Waals surface area contributed by atoms with Gasteiger partial charge in [0.2, 0.25) is 11.8 Å². The molecular weight excluding hydrogens is 488 g/mol. The Kier molecular flexibility index (Phi) is 18.9. The van der Waals surface area contributed by atoms with E-state index in [1.165, 1.54) is 83.5 Å². The first kappa shape index (κ1) is 32.2. The number of carbonyl (C=O) groups excluding carboxylic acids is 2. The minimum Gasteiger partial charge on any atom is -0.410 e. The minimum atomic E-state index is -0.163. The van der Waals surface area contributed by atoms with Crippen LogP contribution in [0.1, 0.15) is 122 Å². The molecule has 6 heteroatoms. The Balaban J connectivity index is 1.25. The van der Waals surface area contributed by atoms with Crippen LogP contribution >= 0.6 is 0 Å². The van der Waals surface area contributed by atoms with Crippen molar-refractivity contribution in [2.45, 2.75) is 122 Å². The smallest absolute Gasteiger partial charge is 0.312 e. The van der Waals surface area contributed by atoms with Gasteiger partial charge in [-0.3, -0.25) is 9.59 Å². The number of allylic oxidation sites excluding steroid dienone is 8. The van der Waals surface area contributed by atoms with E-state index in [4.69, 9.17) is 9.47 Å². The number of esters is 2. The van der Waals surface area contributed by atoms with Gasteiger partial charge in [0.15, 0.2) is 0 Å². The predicted octanol–water partition coefficient (Wildman–Crippen LogP) is 8.51. The first-order chi connectivity index (χ1) is 19.2. The molecule has 0 aromatic heterocycles. The van der Waals surface area contributed by atoms with Crippen molar-refractivity contribution in [2.75, 3.05) is 0 Å². The van der Waals surface area contributed by atoms with Crippen LogP contribution in [0.15, 0.2) is 72.8 Å². The van der Waals surface area contributed by atoms with Crippen LogP contribution < -0.4 is 10.6 Å². The molecule has 0 saturated heterocycles. The summed E-state index contributed by atoms with van der Waals surface area (Å²) in [6.45, 7) is 0. The molecule has 0 radical (unpaired) electrons. The number of rotatable bonds is 22. The van der Waals surface area contributed by atoms with Gasteiger partial charge in [-0.2, -0.15) is 0 Å². The molecule has 2 heterocycles. The molecule has 216 valence electrons. The maximum absolute atomic E-state index is 11.9. The molecule has 0 atom stereocenters. The van der Waals surface area contributed by atoms with Crippen LogP contribution in [0.4, 0.5) is 0 Å². The topological polar surface area (TPSA) is 76.7 Å². The molecule has 0 fully saturated rings. The van der Waals surface area contributed by atoms with E-state index in [-0.39, 0.29) is 11.9 Å². The summed E-state index contributed by atoms with van der Waals surface area (Å²) in [4.78, 5) is 23.8. The molecule has 0 aromatic carbocycles. The second-order valence-electron chi connectivity index (χ2n) is 10.3. The van der Waals surface area contributed by atoms with Crippen LogP contribution in [0.5, 0.6) is 0 Å². The SMILES string of the molecule is O=C(CCCCCCCCCCCCCCCCCCCC(=O)OC1=CC=CC=CN1)OC1=CC=CC=CN1. The Hall–Kier alpha value is -3.02. The summed E-state index contributed by atoms with van der Waals surface area (Å²) >= 11 is 0. The standard InChI is InChI=1S/C33H50N2O4/c36-32(38-30-24-18-16-22-28-34-30)26-20-14-12-10-8-6-4-2-1-3-5-7-9-11-13-15-21-27-33(37)39-31-25-19-17-23-29-35-31/h16-19,22-25,28-29,34-35H,1-15,20-21,26-27H2. The highest BCUT2D eigenvalue weighted by Crippen LogP contribution is 2.15. The molecule has 6 nitrogen and oxygen atoms in total. The maximum Gasteiger partial charge on any atom is 0.312 e. The molecule has 2 aliphatic heterocycles. The van der Waals surface area contributed by atoms with Gasteiger partial charge in [-0.1, -0.05) is 121 Å². The summed E-state index contributed by atoms with van der Waals surface area (Å²) in [6, 6.07) is 0. The third-order valence-electron chi connectivity index (χ3n) is 6.79. The predicted molar refractivity (Wildman–Crippen MR) is 159 cm³/mol. The van der Waals surface area contributed by atoms with Gasteiger partial charge >= 0.3 is 11.9 Å². The van der Waals surface area contributed by atoms with Gasteiger partial charge in [0.1, 0.15) is 0 Å². The quantitative estimate of drug-likeness (QED) is 0.106. The Morgan fingerprint density at radius 1 is 0.436 bits per heavy atom. The highest BCUT2D eigenvalue weighted by atomic mass is 16.6. The first-order valence-electron chi connectivity index (χ1n) is 15.3. The van der Waals surface area contributed by atoms with Crippen LogP contribution in [0, 0.1) is 0 Å². The van der Waals surface area contributed by atoms with E-state index >= 15 is 0 Å². The lowest BCUT2D eigenvalue weighted by atomic mass is 10.0. The van der Waals surface area contributed by atoms with Crippen molar-refractivity contribution in [3.63, 3.8) is 0 Å². The van der Waals surface area contributed by atoms with Crippen molar-refractivity contribution in [2.24, 2.45) is 0 Å². The number of ether oxygens (including phenoxy) is 2. The number of nitrogens with one attached hydrogen (secondary N) is 2. The second kappa shape index (κ2) is 22.9. The van der Waals surface area contributed by atoms with Crippen LogP contribution in [-0.4, -0.2) is 11.9 Å². The molecule has 2 aliphatic rings. The average Bonchev–Trinajstić information content (AvgIpc) is 3.35. The van der Waals surface area contributed by atoms with Crippen LogP contribution in [0.25, 0.3) is 0 Å². The molecule has 0 spiro atoms. The molecule has 0 saturated carbocycles. The first-order valence-corrected chi connectivity index (χ1v) is 15.3. The summed E-state index contributed by atoms with van der Waals surface area (Å²) in [6.07, 6.45) is 40.2. The van der Waals surface area contributed by atoms with Crippen molar-refractivity contribution < 1.29 is 19.1 Å². The molecule has 39 heavy (non-hydrogen) atoms. The zero-order chi connectivity index (χ0) is 27.6. The molecule has 0 bridgehead atoms. The molecule has 2 rings (SSSR count). The zero-order valence-corrected chi connectivity index (χ0v) is 23.8. The summed E-state index contributed by atoms with van der Waals surface area (Å²) in [5, 5.41) is 5.89. The van der Waals surface area contributed by atoms with E-state index < -0.39 is 0 Å². The number of carbonyl (C=O) groups is 2. The third kappa shape index (κ3) is 18.8. The van der Waals surface area contributed by atoms with Gasteiger partial charge in [0.05, 0.1) is 0 Å². The lowest BCUT2D eigenvalue weighted by molar-refractivity contribution is -0.141. The fraction of sp³-hybridized carbons (Fsp3) is 0.576. The van der Waals surface area contributed by atoms with E-state index in [1.54, 1.807) is 24.6 Å². The van der Waals surface area contributed by atoms with Crippen LogP contribution in [-0.2, 0) is 19.1 Å². The normalized spacial score (nSPS) is 14.1. The number of hydrogen-bond acceptors (Lipinski definition) is 6. The van der Waals surface area contributed by atoms with Gasteiger partial charge in [-0.25, -0.2) is 0 Å². The summed E-state index contributed by atoms with van der Waals surface area (Å²) in [5.74, 6) is 0.658. The minimum absolute atomic E-state index is 0.163. The van der Waals surface area contributed by atoms with E-state index in [0.29, 0.717) is 24.6 Å². The van der Waals surface area contributed by atoms with Crippen molar-refractivity contribution in [3.8, 4) is 0 Å². The van der Waals surface area contributed by atoms with E-state index in [2.05, 4.69) is 10.6 Å². The largest absolute Gasteiger partial charge is 0.410 e. The zero-order valence-electron chi connectivity index (χ0n) is 23.8. The van der Waals surface area contributed by atoms with Gasteiger partial charge in [-0.15, -0.1) is 0 Å². The van der Waals surface area contributed by atoms with E-state index in [0.717, 1.165) is 25.7 Å².